The standard InChI is InChI=1S/C9H15Cl2F/c1-3-4-5-6-8(12)9(11)7(2)10/h8-9H,2-6H2,1H3. The van der Waals surface area contributed by atoms with Crippen LogP contribution in [0, 0.1) is 0 Å². The molecule has 0 rings (SSSR count). The molecule has 3 heteroatoms. The average Bonchev–Trinajstić information content (AvgIpc) is 2.03. The van der Waals surface area contributed by atoms with Crippen molar-refractivity contribution in [2.24, 2.45) is 0 Å². The summed E-state index contributed by atoms with van der Waals surface area (Å²) in [5, 5.41) is -0.538. The van der Waals surface area contributed by atoms with Crippen LogP contribution < -0.4 is 0 Å². The van der Waals surface area contributed by atoms with Gasteiger partial charge in [0.1, 0.15) is 6.17 Å². The first kappa shape index (κ1) is 12.2. The fourth-order valence-corrected chi connectivity index (χ4v) is 1.19. The zero-order valence-corrected chi connectivity index (χ0v) is 8.84. The van der Waals surface area contributed by atoms with Gasteiger partial charge in [-0.1, -0.05) is 44.4 Å². The lowest BCUT2D eigenvalue weighted by atomic mass is 10.1. The van der Waals surface area contributed by atoms with Crippen LogP contribution >= 0.6 is 23.2 Å². The Morgan fingerprint density at radius 2 is 2.08 bits per heavy atom. The quantitative estimate of drug-likeness (QED) is 0.456. The lowest BCUT2D eigenvalue weighted by Crippen LogP contribution is -2.15. The molecule has 0 spiro atoms. The SMILES string of the molecule is C=C(Cl)C(Cl)C(F)CCCCC. The first-order valence-electron chi connectivity index (χ1n) is 4.22. The van der Waals surface area contributed by atoms with Gasteiger partial charge in [0.2, 0.25) is 0 Å². The maximum Gasteiger partial charge on any atom is 0.121 e. The van der Waals surface area contributed by atoms with Crippen LogP contribution in [-0.4, -0.2) is 11.5 Å². The van der Waals surface area contributed by atoms with Crippen molar-refractivity contribution in [1.82, 2.24) is 0 Å². The van der Waals surface area contributed by atoms with Crippen molar-refractivity contribution in [3.8, 4) is 0 Å². The van der Waals surface area contributed by atoms with Crippen LogP contribution in [0.25, 0.3) is 0 Å². The molecular formula is C9H15Cl2F. The first-order chi connectivity index (χ1) is 5.59. The van der Waals surface area contributed by atoms with E-state index in [4.69, 9.17) is 23.2 Å². The summed E-state index contributed by atoms with van der Waals surface area (Å²) in [6.07, 6.45) is 2.42. The van der Waals surface area contributed by atoms with E-state index in [1.165, 1.54) is 0 Å². The molecule has 2 atom stereocenters. The Balaban J connectivity index is 3.56. The minimum Gasteiger partial charge on any atom is -0.245 e. The highest BCUT2D eigenvalue weighted by atomic mass is 35.5. The molecule has 0 heterocycles. The summed E-state index contributed by atoms with van der Waals surface area (Å²) in [7, 11) is 0. The summed E-state index contributed by atoms with van der Waals surface area (Å²) in [4.78, 5) is 0. The maximum absolute atomic E-state index is 13.1. The van der Waals surface area contributed by atoms with Crippen molar-refractivity contribution in [2.75, 3.05) is 0 Å². The Morgan fingerprint density at radius 1 is 1.50 bits per heavy atom. The Bertz CT molecular complexity index is 136. The van der Waals surface area contributed by atoms with Gasteiger partial charge in [0.15, 0.2) is 0 Å². The molecule has 0 amide bonds. The molecule has 2 unspecified atom stereocenters. The van der Waals surface area contributed by atoms with Gasteiger partial charge in [0.25, 0.3) is 0 Å². The third-order valence-electron chi connectivity index (χ3n) is 1.70. The van der Waals surface area contributed by atoms with Crippen molar-refractivity contribution in [3.63, 3.8) is 0 Å². The third kappa shape index (κ3) is 5.00. The monoisotopic (exact) mass is 212 g/mol. The normalized spacial score (nSPS) is 15.7. The molecule has 0 aromatic heterocycles. The molecule has 0 bridgehead atoms. The molecule has 0 aliphatic rings. The molecule has 0 nitrogen and oxygen atoms in total. The summed E-state index contributed by atoms with van der Waals surface area (Å²) in [6.45, 7) is 5.47. The molecule has 0 radical (unpaired) electrons. The number of allylic oxidation sites excluding steroid dienone is 1. The molecule has 0 aliphatic heterocycles. The maximum atomic E-state index is 13.1. The van der Waals surface area contributed by atoms with Gasteiger partial charge in [0, 0.05) is 5.03 Å². The molecular weight excluding hydrogens is 198 g/mol. The molecule has 72 valence electrons. The minimum absolute atomic E-state index is 0.195. The van der Waals surface area contributed by atoms with Crippen LogP contribution in [0.4, 0.5) is 4.39 Å². The predicted octanol–water partition coefficient (Wildman–Crippen LogP) is 4.26. The van der Waals surface area contributed by atoms with Crippen molar-refractivity contribution >= 4 is 23.2 Å². The summed E-state index contributed by atoms with van der Waals surface area (Å²) < 4.78 is 13.1. The Labute approximate surface area is 83.7 Å². The highest BCUT2D eigenvalue weighted by Crippen LogP contribution is 2.22. The summed E-state index contributed by atoms with van der Waals surface area (Å²) in [5.74, 6) is 0. The zero-order chi connectivity index (χ0) is 9.56. The highest BCUT2D eigenvalue weighted by molar-refractivity contribution is 6.37. The van der Waals surface area contributed by atoms with Crippen LogP contribution in [0.3, 0.4) is 0 Å². The van der Waals surface area contributed by atoms with E-state index in [0.29, 0.717) is 6.42 Å². The van der Waals surface area contributed by atoms with Gasteiger partial charge >= 0.3 is 0 Å². The largest absolute Gasteiger partial charge is 0.245 e. The third-order valence-corrected chi connectivity index (χ3v) is 2.58. The molecule has 0 fully saturated rings. The second-order valence-electron chi connectivity index (χ2n) is 2.86. The molecule has 12 heavy (non-hydrogen) atoms. The molecule has 0 saturated carbocycles. The van der Waals surface area contributed by atoms with Crippen LogP contribution in [-0.2, 0) is 0 Å². The van der Waals surface area contributed by atoms with Crippen LogP contribution in [0.2, 0.25) is 0 Å². The Morgan fingerprint density at radius 3 is 2.50 bits per heavy atom. The number of hydrogen-bond donors (Lipinski definition) is 0. The second-order valence-corrected chi connectivity index (χ2v) is 3.82. The van der Waals surface area contributed by atoms with E-state index < -0.39 is 11.5 Å². The highest BCUT2D eigenvalue weighted by Gasteiger charge is 2.19. The molecule has 0 saturated heterocycles. The topological polar surface area (TPSA) is 0 Å². The first-order valence-corrected chi connectivity index (χ1v) is 5.03. The van der Waals surface area contributed by atoms with E-state index >= 15 is 0 Å². The van der Waals surface area contributed by atoms with E-state index in [-0.39, 0.29) is 5.03 Å². The Kier molecular flexibility index (Phi) is 6.87. The van der Waals surface area contributed by atoms with Crippen molar-refractivity contribution in [2.45, 2.75) is 44.2 Å². The second kappa shape index (κ2) is 6.73. The molecule has 0 aliphatic carbocycles. The number of alkyl halides is 2. The summed E-state index contributed by atoms with van der Waals surface area (Å²) in [5.41, 5.74) is 0. The van der Waals surface area contributed by atoms with Crippen molar-refractivity contribution in [3.05, 3.63) is 11.6 Å². The summed E-state index contributed by atoms with van der Waals surface area (Å²) in [6, 6.07) is 0. The number of unbranched alkanes of at least 4 members (excludes halogenated alkanes) is 2. The van der Waals surface area contributed by atoms with Gasteiger partial charge < -0.3 is 0 Å². The molecule has 0 aromatic rings. The van der Waals surface area contributed by atoms with E-state index in [1.54, 1.807) is 0 Å². The van der Waals surface area contributed by atoms with Crippen molar-refractivity contribution < 1.29 is 4.39 Å². The lowest BCUT2D eigenvalue weighted by molar-refractivity contribution is 0.310. The van der Waals surface area contributed by atoms with Gasteiger partial charge in [-0.15, -0.1) is 11.6 Å². The van der Waals surface area contributed by atoms with E-state index in [2.05, 4.69) is 13.5 Å². The minimum atomic E-state index is -1.05. The smallest absolute Gasteiger partial charge is 0.121 e. The lowest BCUT2D eigenvalue weighted by Gasteiger charge is -2.12. The number of halogens is 3. The molecule has 0 aromatic carbocycles. The fourth-order valence-electron chi connectivity index (χ4n) is 0.932. The zero-order valence-electron chi connectivity index (χ0n) is 7.32. The van der Waals surface area contributed by atoms with Crippen molar-refractivity contribution in [1.29, 1.82) is 0 Å². The van der Waals surface area contributed by atoms with Gasteiger partial charge in [-0.2, -0.15) is 0 Å². The number of rotatable bonds is 6. The molecule has 0 N–H and O–H groups in total. The van der Waals surface area contributed by atoms with Gasteiger partial charge in [-0.25, -0.2) is 4.39 Å². The summed E-state index contributed by atoms with van der Waals surface area (Å²) >= 11 is 11.1. The van der Waals surface area contributed by atoms with E-state index in [0.717, 1.165) is 19.3 Å². The number of hydrogen-bond acceptors (Lipinski definition) is 0. The van der Waals surface area contributed by atoms with Crippen LogP contribution in [0.1, 0.15) is 32.6 Å². The van der Waals surface area contributed by atoms with Gasteiger partial charge in [-0.3, -0.25) is 0 Å². The van der Waals surface area contributed by atoms with E-state index in [9.17, 15) is 4.39 Å². The predicted molar refractivity (Wildman–Crippen MR) is 53.7 cm³/mol. The van der Waals surface area contributed by atoms with Gasteiger partial charge in [-0.05, 0) is 6.42 Å². The Hall–Kier alpha value is 0.250. The average molecular weight is 213 g/mol. The van der Waals surface area contributed by atoms with Gasteiger partial charge in [0.05, 0.1) is 5.38 Å². The van der Waals surface area contributed by atoms with Crippen LogP contribution in [0.15, 0.2) is 11.6 Å². The fraction of sp³-hybridized carbons (Fsp3) is 0.778. The van der Waals surface area contributed by atoms with E-state index in [1.807, 2.05) is 0 Å². The van der Waals surface area contributed by atoms with Crippen LogP contribution in [0.5, 0.6) is 0 Å².